The van der Waals surface area contributed by atoms with E-state index in [9.17, 15) is 4.79 Å². The minimum Gasteiger partial charge on any atom is -0.469 e. The standard InChI is InChI=1S/C21H28N2O2/c1-14(2)16-7-4-5-8-18(16)23-21(24)13-15(3)22-19-9-6-10-20-17(19)11-12-25-20/h4-5,7-8,11-12,14-15,19,22H,6,9-10,13H2,1-3H3,(H,23,24). The highest BCUT2D eigenvalue weighted by Crippen LogP contribution is 2.31. The molecule has 0 fully saturated rings. The molecule has 1 amide bonds. The summed E-state index contributed by atoms with van der Waals surface area (Å²) in [5.74, 6) is 1.52. The third-order valence-electron chi connectivity index (χ3n) is 4.89. The van der Waals surface area contributed by atoms with Crippen molar-refractivity contribution in [2.45, 2.75) is 64.5 Å². The molecule has 0 spiro atoms. The van der Waals surface area contributed by atoms with Crippen LogP contribution in [0, 0.1) is 0 Å². The first kappa shape index (κ1) is 17.7. The summed E-state index contributed by atoms with van der Waals surface area (Å²) in [6.07, 6.45) is 5.45. The third kappa shape index (κ3) is 4.31. The third-order valence-corrected chi connectivity index (χ3v) is 4.89. The van der Waals surface area contributed by atoms with E-state index in [0.29, 0.717) is 12.3 Å². The molecule has 1 aromatic heterocycles. The molecule has 0 aliphatic heterocycles. The molecule has 0 saturated carbocycles. The second-order valence-electron chi connectivity index (χ2n) is 7.31. The maximum atomic E-state index is 12.5. The number of carbonyl (C=O) groups excluding carboxylic acids is 1. The van der Waals surface area contributed by atoms with E-state index in [1.807, 2.05) is 18.2 Å². The van der Waals surface area contributed by atoms with Crippen LogP contribution in [0.2, 0.25) is 0 Å². The number of rotatable bonds is 6. The lowest BCUT2D eigenvalue weighted by Crippen LogP contribution is -2.35. The first-order chi connectivity index (χ1) is 12.0. The van der Waals surface area contributed by atoms with Crippen molar-refractivity contribution in [3.63, 3.8) is 0 Å². The predicted molar refractivity (Wildman–Crippen MR) is 101 cm³/mol. The van der Waals surface area contributed by atoms with E-state index in [1.165, 1.54) is 11.1 Å². The summed E-state index contributed by atoms with van der Waals surface area (Å²) in [5.41, 5.74) is 3.35. The van der Waals surface area contributed by atoms with E-state index in [0.717, 1.165) is 30.7 Å². The fourth-order valence-electron chi connectivity index (χ4n) is 3.66. The smallest absolute Gasteiger partial charge is 0.225 e. The number of hydrogen-bond donors (Lipinski definition) is 2. The maximum absolute atomic E-state index is 12.5. The van der Waals surface area contributed by atoms with Crippen LogP contribution in [0.1, 0.15) is 68.9 Å². The normalized spacial score (nSPS) is 18.0. The van der Waals surface area contributed by atoms with Crippen molar-refractivity contribution in [2.24, 2.45) is 0 Å². The zero-order valence-electron chi connectivity index (χ0n) is 15.3. The lowest BCUT2D eigenvalue weighted by Gasteiger charge is -2.26. The molecule has 3 rings (SSSR count). The number of aryl methyl sites for hydroxylation is 1. The molecule has 1 aliphatic rings. The molecule has 2 atom stereocenters. The summed E-state index contributed by atoms with van der Waals surface area (Å²) in [7, 11) is 0. The Morgan fingerprint density at radius 2 is 2.04 bits per heavy atom. The molecular weight excluding hydrogens is 312 g/mol. The molecule has 4 nitrogen and oxygen atoms in total. The Balaban J connectivity index is 1.57. The first-order valence-electron chi connectivity index (χ1n) is 9.25. The van der Waals surface area contributed by atoms with Gasteiger partial charge in [-0.25, -0.2) is 0 Å². The van der Waals surface area contributed by atoms with Crippen molar-refractivity contribution < 1.29 is 9.21 Å². The van der Waals surface area contributed by atoms with E-state index in [-0.39, 0.29) is 18.0 Å². The molecule has 25 heavy (non-hydrogen) atoms. The van der Waals surface area contributed by atoms with Crippen LogP contribution in [-0.2, 0) is 11.2 Å². The van der Waals surface area contributed by atoms with Gasteiger partial charge in [-0.15, -0.1) is 0 Å². The Hall–Kier alpha value is -2.07. The van der Waals surface area contributed by atoms with Crippen molar-refractivity contribution >= 4 is 11.6 Å². The highest BCUT2D eigenvalue weighted by molar-refractivity contribution is 5.92. The van der Waals surface area contributed by atoms with Crippen molar-refractivity contribution in [3.8, 4) is 0 Å². The van der Waals surface area contributed by atoms with Crippen LogP contribution >= 0.6 is 0 Å². The fourth-order valence-corrected chi connectivity index (χ4v) is 3.66. The van der Waals surface area contributed by atoms with Crippen LogP contribution in [-0.4, -0.2) is 11.9 Å². The van der Waals surface area contributed by atoms with Crippen molar-refractivity contribution in [1.29, 1.82) is 0 Å². The lowest BCUT2D eigenvalue weighted by molar-refractivity contribution is -0.116. The van der Waals surface area contributed by atoms with Crippen LogP contribution in [0.5, 0.6) is 0 Å². The van der Waals surface area contributed by atoms with Gasteiger partial charge in [0, 0.05) is 36.2 Å². The molecule has 1 aromatic carbocycles. The van der Waals surface area contributed by atoms with E-state index < -0.39 is 0 Å². The summed E-state index contributed by atoms with van der Waals surface area (Å²) in [5, 5.41) is 6.67. The predicted octanol–water partition coefficient (Wildman–Crippen LogP) is 4.79. The second kappa shape index (κ2) is 7.87. The van der Waals surface area contributed by atoms with Gasteiger partial charge in [0.15, 0.2) is 0 Å². The van der Waals surface area contributed by atoms with Crippen LogP contribution in [0.4, 0.5) is 5.69 Å². The van der Waals surface area contributed by atoms with Crippen molar-refractivity contribution in [3.05, 3.63) is 53.5 Å². The molecule has 134 valence electrons. The first-order valence-corrected chi connectivity index (χ1v) is 9.25. The monoisotopic (exact) mass is 340 g/mol. The molecule has 1 aliphatic carbocycles. The highest BCUT2D eigenvalue weighted by atomic mass is 16.3. The minimum absolute atomic E-state index is 0.0522. The molecule has 1 heterocycles. The highest BCUT2D eigenvalue weighted by Gasteiger charge is 2.24. The van der Waals surface area contributed by atoms with Crippen molar-refractivity contribution in [2.75, 3.05) is 5.32 Å². The molecule has 2 N–H and O–H groups in total. The van der Waals surface area contributed by atoms with Gasteiger partial charge < -0.3 is 15.1 Å². The zero-order chi connectivity index (χ0) is 17.8. The summed E-state index contributed by atoms with van der Waals surface area (Å²) in [6, 6.07) is 10.5. The van der Waals surface area contributed by atoms with E-state index >= 15 is 0 Å². The molecule has 0 saturated heterocycles. The number of amides is 1. The van der Waals surface area contributed by atoms with Crippen LogP contribution in [0.25, 0.3) is 0 Å². The van der Waals surface area contributed by atoms with Gasteiger partial charge in [-0.1, -0.05) is 32.0 Å². The number of nitrogens with one attached hydrogen (secondary N) is 2. The van der Waals surface area contributed by atoms with Gasteiger partial charge in [0.05, 0.1) is 6.26 Å². The van der Waals surface area contributed by atoms with Gasteiger partial charge in [-0.2, -0.15) is 0 Å². The Labute approximate surface area is 150 Å². The number of fused-ring (bicyclic) bond motifs is 1. The summed E-state index contributed by atoms with van der Waals surface area (Å²) in [6.45, 7) is 6.35. The Morgan fingerprint density at radius 1 is 1.24 bits per heavy atom. The summed E-state index contributed by atoms with van der Waals surface area (Å²) >= 11 is 0. The molecule has 0 radical (unpaired) electrons. The topological polar surface area (TPSA) is 54.3 Å². The Morgan fingerprint density at radius 3 is 2.84 bits per heavy atom. The molecular formula is C21H28N2O2. The number of para-hydroxylation sites is 1. The van der Waals surface area contributed by atoms with Gasteiger partial charge in [-0.3, -0.25) is 4.79 Å². The number of carbonyl (C=O) groups is 1. The average molecular weight is 340 g/mol. The lowest BCUT2D eigenvalue weighted by atomic mass is 9.92. The molecule has 2 unspecified atom stereocenters. The number of hydrogen-bond acceptors (Lipinski definition) is 3. The molecule has 2 aromatic rings. The summed E-state index contributed by atoms with van der Waals surface area (Å²) in [4.78, 5) is 12.5. The van der Waals surface area contributed by atoms with Crippen LogP contribution < -0.4 is 10.6 Å². The van der Waals surface area contributed by atoms with Crippen LogP contribution in [0.15, 0.2) is 41.0 Å². The largest absolute Gasteiger partial charge is 0.469 e. The molecule has 0 bridgehead atoms. The Bertz CT molecular complexity index is 720. The van der Waals surface area contributed by atoms with Gasteiger partial charge in [0.25, 0.3) is 0 Å². The van der Waals surface area contributed by atoms with Gasteiger partial charge in [0.2, 0.25) is 5.91 Å². The second-order valence-corrected chi connectivity index (χ2v) is 7.31. The quantitative estimate of drug-likeness (QED) is 0.795. The number of benzene rings is 1. The van der Waals surface area contributed by atoms with E-state index in [2.05, 4.69) is 43.5 Å². The van der Waals surface area contributed by atoms with Gasteiger partial charge in [-0.05, 0) is 43.4 Å². The van der Waals surface area contributed by atoms with Gasteiger partial charge >= 0.3 is 0 Å². The zero-order valence-corrected chi connectivity index (χ0v) is 15.3. The van der Waals surface area contributed by atoms with E-state index in [1.54, 1.807) is 6.26 Å². The number of furan rings is 1. The van der Waals surface area contributed by atoms with Crippen LogP contribution in [0.3, 0.4) is 0 Å². The SMILES string of the molecule is CC(CC(=O)Nc1ccccc1C(C)C)NC1CCCc2occc21. The molecule has 4 heteroatoms. The minimum atomic E-state index is 0.0522. The van der Waals surface area contributed by atoms with Crippen molar-refractivity contribution in [1.82, 2.24) is 5.32 Å². The number of anilines is 1. The average Bonchev–Trinajstić information content (AvgIpc) is 3.04. The van der Waals surface area contributed by atoms with Gasteiger partial charge in [0.1, 0.15) is 5.76 Å². The van der Waals surface area contributed by atoms with E-state index in [4.69, 9.17) is 4.42 Å². The maximum Gasteiger partial charge on any atom is 0.225 e. The fraction of sp³-hybridized carbons (Fsp3) is 0.476. The summed E-state index contributed by atoms with van der Waals surface area (Å²) < 4.78 is 5.54. The Kier molecular flexibility index (Phi) is 5.59.